The summed E-state index contributed by atoms with van der Waals surface area (Å²) in [5.41, 5.74) is 0.440. The zero-order valence-corrected chi connectivity index (χ0v) is 10.8. The molecule has 4 heteroatoms. The molecule has 3 fully saturated rings. The standard InChI is InChI=1S/C15H18O4/c1-7-4-13-10(8(2)14(17)19-13)6-15(18)9(3)12(16)5-11(7)15/h10-13,16,18H,1-6H2/t10-,11+,12+,13+,15+/m1/s1. The predicted octanol–water partition coefficient (Wildman–Crippen LogP) is 1.10. The third-order valence-corrected chi connectivity index (χ3v) is 4.90. The maximum Gasteiger partial charge on any atom is 0.334 e. The van der Waals surface area contributed by atoms with Crippen LogP contribution in [0.1, 0.15) is 19.3 Å². The van der Waals surface area contributed by atoms with Gasteiger partial charge in [0.1, 0.15) is 6.10 Å². The maximum absolute atomic E-state index is 11.6. The largest absolute Gasteiger partial charge is 0.458 e. The van der Waals surface area contributed by atoms with Crippen molar-refractivity contribution in [3.05, 3.63) is 36.5 Å². The first-order valence-electron chi connectivity index (χ1n) is 6.51. The van der Waals surface area contributed by atoms with Gasteiger partial charge in [-0.15, -0.1) is 0 Å². The molecule has 4 nitrogen and oxygen atoms in total. The molecule has 5 atom stereocenters. The molecule has 2 aliphatic carbocycles. The van der Waals surface area contributed by atoms with Gasteiger partial charge >= 0.3 is 5.97 Å². The lowest BCUT2D eigenvalue weighted by Gasteiger charge is -2.31. The van der Waals surface area contributed by atoms with Gasteiger partial charge in [0.2, 0.25) is 0 Å². The normalized spacial score (nSPS) is 45.8. The van der Waals surface area contributed by atoms with E-state index in [1.54, 1.807) is 0 Å². The third-order valence-electron chi connectivity index (χ3n) is 4.90. The molecule has 0 bridgehead atoms. The van der Waals surface area contributed by atoms with Gasteiger partial charge in [-0.2, -0.15) is 0 Å². The maximum atomic E-state index is 11.6. The average Bonchev–Trinajstić information content (AvgIpc) is 2.68. The van der Waals surface area contributed by atoms with Crippen molar-refractivity contribution in [2.24, 2.45) is 11.8 Å². The van der Waals surface area contributed by atoms with E-state index in [9.17, 15) is 15.0 Å². The monoisotopic (exact) mass is 262 g/mol. The Morgan fingerprint density at radius 2 is 2.00 bits per heavy atom. The van der Waals surface area contributed by atoms with Crippen LogP contribution in [0, 0.1) is 11.8 Å². The Labute approximate surface area is 112 Å². The molecule has 0 amide bonds. The number of hydrogen-bond donors (Lipinski definition) is 2. The molecule has 0 radical (unpaired) electrons. The summed E-state index contributed by atoms with van der Waals surface area (Å²) >= 11 is 0. The minimum Gasteiger partial charge on any atom is -0.458 e. The second-order valence-corrected chi connectivity index (χ2v) is 5.90. The van der Waals surface area contributed by atoms with Gasteiger partial charge in [0, 0.05) is 23.8 Å². The minimum atomic E-state index is -1.20. The molecular formula is C15H18O4. The summed E-state index contributed by atoms with van der Waals surface area (Å²) in [6, 6.07) is 0. The Morgan fingerprint density at radius 1 is 1.32 bits per heavy atom. The molecule has 0 aromatic rings. The summed E-state index contributed by atoms with van der Waals surface area (Å²) in [6.07, 6.45) is 0.278. The van der Waals surface area contributed by atoms with Crippen LogP contribution in [0.2, 0.25) is 0 Å². The minimum absolute atomic E-state index is 0.216. The highest BCUT2D eigenvalue weighted by molar-refractivity contribution is 5.91. The summed E-state index contributed by atoms with van der Waals surface area (Å²) in [6.45, 7) is 11.6. The molecular weight excluding hydrogens is 244 g/mol. The highest BCUT2D eigenvalue weighted by Crippen LogP contribution is 2.53. The van der Waals surface area contributed by atoms with E-state index in [0.29, 0.717) is 30.4 Å². The summed E-state index contributed by atoms with van der Waals surface area (Å²) in [4.78, 5) is 11.6. The van der Waals surface area contributed by atoms with Gasteiger partial charge < -0.3 is 14.9 Å². The number of carbonyl (C=O) groups is 1. The highest BCUT2D eigenvalue weighted by atomic mass is 16.6. The van der Waals surface area contributed by atoms with Crippen molar-refractivity contribution >= 4 is 5.97 Å². The molecule has 3 aliphatic rings. The quantitative estimate of drug-likeness (QED) is 0.390. The SMILES string of the molecule is C=C1C(=O)O[C@H]2CC(=C)[C@@H]3C[C@H](O)C(=C)[C@@]3(O)C[C@H]12. The second-order valence-electron chi connectivity index (χ2n) is 5.90. The molecule has 2 N–H and O–H groups in total. The number of esters is 1. The van der Waals surface area contributed by atoms with Crippen molar-refractivity contribution in [2.45, 2.75) is 37.1 Å². The molecule has 1 aliphatic heterocycles. The summed E-state index contributed by atoms with van der Waals surface area (Å²) in [7, 11) is 0. The topological polar surface area (TPSA) is 66.8 Å². The van der Waals surface area contributed by atoms with E-state index in [4.69, 9.17) is 4.74 Å². The fourth-order valence-corrected chi connectivity index (χ4v) is 3.70. The van der Waals surface area contributed by atoms with E-state index in [1.165, 1.54) is 0 Å². The number of carbonyl (C=O) groups excluding carboxylic acids is 1. The van der Waals surface area contributed by atoms with E-state index in [-0.39, 0.29) is 17.9 Å². The Morgan fingerprint density at radius 3 is 2.68 bits per heavy atom. The average molecular weight is 262 g/mol. The number of aliphatic hydroxyl groups is 2. The van der Waals surface area contributed by atoms with Crippen molar-refractivity contribution in [3.63, 3.8) is 0 Å². The molecule has 0 aromatic carbocycles. The molecule has 2 saturated carbocycles. The summed E-state index contributed by atoms with van der Waals surface area (Å²) in [5.74, 6) is -0.831. The summed E-state index contributed by atoms with van der Waals surface area (Å²) < 4.78 is 5.30. The van der Waals surface area contributed by atoms with Crippen LogP contribution in [-0.4, -0.2) is 34.0 Å². The number of rotatable bonds is 0. The highest BCUT2D eigenvalue weighted by Gasteiger charge is 2.56. The fourth-order valence-electron chi connectivity index (χ4n) is 3.70. The van der Waals surface area contributed by atoms with Crippen LogP contribution < -0.4 is 0 Å². The fraction of sp³-hybridized carbons (Fsp3) is 0.533. The number of aliphatic hydroxyl groups excluding tert-OH is 1. The Balaban J connectivity index is 2.02. The molecule has 1 heterocycles. The summed E-state index contributed by atoms with van der Waals surface area (Å²) in [5, 5.41) is 20.9. The first-order valence-corrected chi connectivity index (χ1v) is 6.51. The van der Waals surface area contributed by atoms with Crippen LogP contribution in [0.5, 0.6) is 0 Å². The lowest BCUT2D eigenvalue weighted by atomic mass is 9.79. The van der Waals surface area contributed by atoms with Crippen LogP contribution in [0.15, 0.2) is 36.5 Å². The number of fused-ring (bicyclic) bond motifs is 2. The van der Waals surface area contributed by atoms with Gasteiger partial charge in [0.15, 0.2) is 0 Å². The van der Waals surface area contributed by atoms with E-state index < -0.39 is 17.7 Å². The third kappa shape index (κ3) is 1.56. The second kappa shape index (κ2) is 3.81. The van der Waals surface area contributed by atoms with Crippen molar-refractivity contribution in [1.82, 2.24) is 0 Å². The van der Waals surface area contributed by atoms with Gasteiger partial charge in [-0.3, -0.25) is 0 Å². The van der Waals surface area contributed by atoms with Crippen LogP contribution in [0.4, 0.5) is 0 Å². The van der Waals surface area contributed by atoms with Gasteiger partial charge in [0.25, 0.3) is 0 Å². The van der Waals surface area contributed by atoms with Gasteiger partial charge in [-0.05, 0) is 18.4 Å². The van der Waals surface area contributed by atoms with E-state index in [1.807, 2.05) is 0 Å². The van der Waals surface area contributed by atoms with Gasteiger partial charge in [0.05, 0.1) is 11.7 Å². The number of hydrogen-bond acceptors (Lipinski definition) is 4. The number of ether oxygens (including phenoxy) is 1. The first-order chi connectivity index (χ1) is 8.84. The van der Waals surface area contributed by atoms with Crippen LogP contribution in [0.3, 0.4) is 0 Å². The van der Waals surface area contributed by atoms with Gasteiger partial charge in [-0.1, -0.05) is 25.3 Å². The Hall–Kier alpha value is -1.39. The molecule has 0 aromatic heterocycles. The molecule has 0 unspecified atom stereocenters. The van der Waals surface area contributed by atoms with Crippen LogP contribution in [-0.2, 0) is 9.53 Å². The van der Waals surface area contributed by atoms with Gasteiger partial charge in [-0.25, -0.2) is 4.79 Å². The van der Waals surface area contributed by atoms with Crippen molar-refractivity contribution in [3.8, 4) is 0 Å². The van der Waals surface area contributed by atoms with Crippen LogP contribution >= 0.6 is 0 Å². The zero-order valence-electron chi connectivity index (χ0n) is 10.8. The lowest BCUT2D eigenvalue weighted by Crippen LogP contribution is -2.37. The molecule has 3 rings (SSSR count). The first kappa shape index (κ1) is 12.6. The molecule has 102 valence electrons. The smallest absolute Gasteiger partial charge is 0.334 e. The van der Waals surface area contributed by atoms with Crippen LogP contribution in [0.25, 0.3) is 0 Å². The van der Waals surface area contributed by atoms with Crippen molar-refractivity contribution in [1.29, 1.82) is 0 Å². The molecule has 19 heavy (non-hydrogen) atoms. The molecule has 0 spiro atoms. The van der Waals surface area contributed by atoms with E-state index >= 15 is 0 Å². The molecule has 1 saturated heterocycles. The Bertz CT molecular complexity index is 506. The zero-order chi connectivity index (χ0) is 13.9. The van der Waals surface area contributed by atoms with Crippen molar-refractivity contribution in [2.75, 3.05) is 0 Å². The van der Waals surface area contributed by atoms with E-state index in [2.05, 4.69) is 19.7 Å². The lowest BCUT2D eigenvalue weighted by molar-refractivity contribution is -0.139. The Kier molecular flexibility index (Phi) is 2.53. The predicted molar refractivity (Wildman–Crippen MR) is 69.1 cm³/mol. The van der Waals surface area contributed by atoms with E-state index in [0.717, 1.165) is 5.57 Å². The van der Waals surface area contributed by atoms with Crippen molar-refractivity contribution < 1.29 is 19.7 Å².